The van der Waals surface area contributed by atoms with Gasteiger partial charge in [-0.25, -0.2) is 15.0 Å². The molecule has 6 aromatic carbocycles. The van der Waals surface area contributed by atoms with Crippen LogP contribution in [-0.2, 0) is 11.8 Å². The zero-order valence-electron chi connectivity index (χ0n) is 23.9. The molecule has 0 radical (unpaired) electrons. The maximum absolute atomic E-state index is 6.52. The number of nitrogens with zero attached hydrogens (tertiary/aromatic N) is 3. The van der Waals surface area contributed by atoms with Gasteiger partial charge in [0.2, 0.25) is 0 Å². The number of hydrogen-bond acceptors (Lipinski definition) is 4. The maximum atomic E-state index is 6.52. The molecule has 0 atom stereocenters. The monoisotopic (exact) mass is 601 g/mol. The van der Waals surface area contributed by atoms with Crippen molar-refractivity contribution in [3.63, 3.8) is 0 Å². The SMILES string of the molecule is S=P(c1ccccc1)(c1ccccc1)c1ccc(-c2ccc(-c3nc(-c4ccccc4)nc(-c4ccccc4)n3)cc2)cc1. The molecule has 5 heteroatoms. The van der Waals surface area contributed by atoms with Crippen LogP contribution in [0.15, 0.2) is 170 Å². The average molecular weight is 602 g/mol. The van der Waals surface area contributed by atoms with Crippen molar-refractivity contribution in [3.05, 3.63) is 170 Å². The zero-order valence-corrected chi connectivity index (χ0v) is 25.6. The van der Waals surface area contributed by atoms with E-state index in [0.717, 1.165) is 27.8 Å². The number of rotatable bonds is 7. The van der Waals surface area contributed by atoms with Crippen molar-refractivity contribution in [3.8, 4) is 45.3 Å². The van der Waals surface area contributed by atoms with E-state index >= 15 is 0 Å². The molecule has 0 bridgehead atoms. The first-order valence-corrected chi connectivity index (χ1v) is 17.3. The lowest BCUT2D eigenvalue weighted by Gasteiger charge is -2.24. The van der Waals surface area contributed by atoms with Gasteiger partial charge in [-0.05, 0) is 27.0 Å². The van der Waals surface area contributed by atoms with Gasteiger partial charge in [-0.3, -0.25) is 0 Å². The summed E-state index contributed by atoms with van der Waals surface area (Å²) in [6.07, 6.45) is 0. The largest absolute Gasteiger partial charge is 0.208 e. The Morgan fingerprint density at radius 1 is 0.295 bits per heavy atom. The highest BCUT2D eigenvalue weighted by atomic mass is 32.4. The van der Waals surface area contributed by atoms with E-state index in [1.54, 1.807) is 0 Å². The zero-order chi connectivity index (χ0) is 29.8. The topological polar surface area (TPSA) is 38.7 Å². The predicted molar refractivity (Wildman–Crippen MR) is 188 cm³/mol. The normalized spacial score (nSPS) is 11.3. The summed E-state index contributed by atoms with van der Waals surface area (Å²) in [4.78, 5) is 14.5. The Morgan fingerprint density at radius 2 is 0.568 bits per heavy atom. The van der Waals surface area contributed by atoms with Crippen molar-refractivity contribution in [1.82, 2.24) is 15.0 Å². The molecule has 0 amide bonds. The van der Waals surface area contributed by atoms with Gasteiger partial charge in [-0.2, -0.15) is 0 Å². The fourth-order valence-corrected chi connectivity index (χ4v) is 9.08. The average Bonchev–Trinajstić information content (AvgIpc) is 3.13. The second-order valence-corrected chi connectivity index (χ2v) is 14.9. The lowest BCUT2D eigenvalue weighted by molar-refractivity contribution is 1.07. The molecule has 1 heterocycles. The van der Waals surface area contributed by atoms with E-state index in [1.165, 1.54) is 15.9 Å². The van der Waals surface area contributed by atoms with Gasteiger partial charge in [0.25, 0.3) is 0 Å². The van der Waals surface area contributed by atoms with E-state index < -0.39 is 6.04 Å². The molecule has 1 aromatic heterocycles. The standard InChI is InChI=1S/C39H28N3PS/c44-43(34-17-9-3-10-18-34,35-19-11-4-12-20-35)36-27-25-30(26-28-36)29-21-23-33(24-22-29)39-41-37(31-13-5-1-6-14-31)40-38(42-39)32-15-7-2-8-16-32/h1-28H. The third-order valence-electron chi connectivity index (χ3n) is 7.65. The van der Waals surface area contributed by atoms with Crippen LogP contribution in [0.1, 0.15) is 0 Å². The summed E-state index contributed by atoms with van der Waals surface area (Å²) in [5, 5.41) is 3.57. The quantitative estimate of drug-likeness (QED) is 0.172. The van der Waals surface area contributed by atoms with E-state index in [0.29, 0.717) is 17.5 Å². The lowest BCUT2D eigenvalue weighted by atomic mass is 10.0. The summed E-state index contributed by atoms with van der Waals surface area (Å²) >= 11 is 6.52. The van der Waals surface area contributed by atoms with E-state index in [9.17, 15) is 0 Å². The molecule has 0 N–H and O–H groups in total. The van der Waals surface area contributed by atoms with Crippen molar-refractivity contribution < 1.29 is 0 Å². The predicted octanol–water partition coefficient (Wildman–Crippen LogP) is 8.30. The molecule has 0 fully saturated rings. The lowest BCUT2D eigenvalue weighted by Crippen LogP contribution is -2.24. The van der Waals surface area contributed by atoms with Gasteiger partial charge < -0.3 is 0 Å². The van der Waals surface area contributed by atoms with Crippen LogP contribution in [0.2, 0.25) is 0 Å². The smallest absolute Gasteiger partial charge is 0.164 e. The highest BCUT2D eigenvalue weighted by molar-refractivity contribution is 8.25. The highest BCUT2D eigenvalue weighted by Crippen LogP contribution is 2.43. The van der Waals surface area contributed by atoms with Gasteiger partial charge in [-0.15, -0.1) is 0 Å². The van der Waals surface area contributed by atoms with Crippen LogP contribution in [0, 0.1) is 0 Å². The second-order valence-electron chi connectivity index (χ2n) is 10.4. The van der Waals surface area contributed by atoms with Gasteiger partial charge in [0.05, 0.1) is 0 Å². The molecule has 44 heavy (non-hydrogen) atoms. The van der Waals surface area contributed by atoms with Crippen LogP contribution in [0.25, 0.3) is 45.3 Å². The van der Waals surface area contributed by atoms with E-state index in [-0.39, 0.29) is 0 Å². The Bertz CT molecular complexity index is 1950. The summed E-state index contributed by atoms with van der Waals surface area (Å²) in [6, 6.07) is 56.1. The molecule has 3 nitrogen and oxygen atoms in total. The van der Waals surface area contributed by atoms with Crippen LogP contribution in [0.3, 0.4) is 0 Å². The molecule has 0 aliphatic rings. The first-order chi connectivity index (χ1) is 21.7. The number of hydrogen-bond donors (Lipinski definition) is 0. The van der Waals surface area contributed by atoms with Crippen molar-refractivity contribution in [2.24, 2.45) is 0 Å². The molecule has 0 unspecified atom stereocenters. The third kappa shape index (κ3) is 5.54. The number of aromatic nitrogens is 3. The minimum atomic E-state index is -2.19. The van der Waals surface area contributed by atoms with Crippen molar-refractivity contribution in [2.75, 3.05) is 0 Å². The van der Waals surface area contributed by atoms with Gasteiger partial charge in [0.1, 0.15) is 0 Å². The van der Waals surface area contributed by atoms with Crippen LogP contribution in [0.4, 0.5) is 0 Å². The van der Waals surface area contributed by atoms with Gasteiger partial charge in [-0.1, -0.05) is 182 Å². The Labute approximate surface area is 263 Å². The molecule has 0 aliphatic carbocycles. The van der Waals surface area contributed by atoms with Crippen LogP contribution >= 0.6 is 6.04 Å². The maximum Gasteiger partial charge on any atom is 0.164 e. The van der Waals surface area contributed by atoms with Gasteiger partial charge >= 0.3 is 0 Å². The first-order valence-electron chi connectivity index (χ1n) is 14.5. The Balaban J connectivity index is 1.23. The summed E-state index contributed by atoms with van der Waals surface area (Å²) in [5.74, 6) is 1.95. The van der Waals surface area contributed by atoms with E-state index in [1.807, 2.05) is 72.8 Å². The molecular formula is C39H28N3PS. The minimum absolute atomic E-state index is 0.644. The summed E-state index contributed by atoms with van der Waals surface area (Å²) < 4.78 is 0. The molecule has 7 rings (SSSR count). The van der Waals surface area contributed by atoms with Crippen molar-refractivity contribution >= 4 is 33.8 Å². The first kappa shape index (κ1) is 27.8. The molecule has 7 aromatic rings. The molecule has 0 aliphatic heterocycles. The number of benzene rings is 6. The van der Waals surface area contributed by atoms with Crippen molar-refractivity contribution in [1.29, 1.82) is 0 Å². The van der Waals surface area contributed by atoms with Gasteiger partial charge in [0, 0.05) is 22.7 Å². The molecular weight excluding hydrogens is 573 g/mol. The molecule has 0 saturated heterocycles. The molecule has 0 saturated carbocycles. The van der Waals surface area contributed by atoms with E-state index in [4.69, 9.17) is 26.8 Å². The minimum Gasteiger partial charge on any atom is -0.208 e. The summed E-state index contributed by atoms with van der Waals surface area (Å²) in [7, 11) is 0. The third-order valence-corrected chi connectivity index (χ3v) is 12.6. The fourth-order valence-electron chi connectivity index (χ4n) is 5.34. The molecule has 0 spiro atoms. The Kier molecular flexibility index (Phi) is 7.77. The summed E-state index contributed by atoms with van der Waals surface area (Å²) in [6.45, 7) is 0. The Morgan fingerprint density at radius 3 is 0.955 bits per heavy atom. The summed E-state index contributed by atoms with van der Waals surface area (Å²) in [5.41, 5.74) is 5.10. The highest BCUT2D eigenvalue weighted by Gasteiger charge is 2.24. The van der Waals surface area contributed by atoms with Crippen molar-refractivity contribution in [2.45, 2.75) is 0 Å². The second kappa shape index (κ2) is 12.3. The van der Waals surface area contributed by atoms with Crippen LogP contribution in [0.5, 0.6) is 0 Å². The molecule has 210 valence electrons. The Hall–Kier alpha value is -5.02. The van der Waals surface area contributed by atoms with Gasteiger partial charge in [0.15, 0.2) is 17.5 Å². The van der Waals surface area contributed by atoms with Crippen LogP contribution < -0.4 is 15.9 Å². The van der Waals surface area contributed by atoms with E-state index in [2.05, 4.69) is 97.1 Å². The fraction of sp³-hybridized carbons (Fsp3) is 0. The van der Waals surface area contributed by atoms with Crippen LogP contribution in [-0.4, -0.2) is 15.0 Å².